The van der Waals surface area contributed by atoms with E-state index in [9.17, 15) is 0 Å². The van der Waals surface area contributed by atoms with Gasteiger partial charge in [0.05, 0.1) is 0 Å². The number of aryl methyl sites for hydroxylation is 2. The van der Waals surface area contributed by atoms with Crippen LogP contribution >= 0.6 is 0 Å². The van der Waals surface area contributed by atoms with Crippen LogP contribution < -0.4 is 0 Å². The van der Waals surface area contributed by atoms with E-state index < -0.39 is 0 Å². The number of hydrogen-bond acceptors (Lipinski definition) is 0. The van der Waals surface area contributed by atoms with Crippen molar-refractivity contribution < 1.29 is 0 Å². The fourth-order valence-electron chi connectivity index (χ4n) is 2.32. The van der Waals surface area contributed by atoms with Gasteiger partial charge in [0.1, 0.15) is 0 Å². The number of H-pyrrole nitrogens is 1. The normalized spacial score (nSPS) is 14.2. The minimum Gasteiger partial charge on any atom is -0.364 e. The second-order valence-electron chi connectivity index (χ2n) is 4.46. The maximum absolute atomic E-state index is 3.42. The van der Waals surface area contributed by atoms with Crippen LogP contribution in [0.4, 0.5) is 0 Å². The molecule has 1 heteroatoms. The highest BCUT2D eigenvalue weighted by molar-refractivity contribution is 5.58. The summed E-state index contributed by atoms with van der Waals surface area (Å²) in [7, 11) is 0. The van der Waals surface area contributed by atoms with Gasteiger partial charge in [-0.25, -0.2) is 0 Å². The maximum Gasteiger partial charge on any atom is 0.0226 e. The van der Waals surface area contributed by atoms with Crippen LogP contribution in [0.5, 0.6) is 0 Å². The van der Waals surface area contributed by atoms with Crippen LogP contribution in [-0.4, -0.2) is 4.98 Å². The van der Waals surface area contributed by atoms with E-state index in [4.69, 9.17) is 0 Å². The van der Waals surface area contributed by atoms with Crippen molar-refractivity contribution in [3.05, 3.63) is 29.1 Å². The Balaban J connectivity index is 1.92. The molecule has 1 aromatic rings. The van der Waals surface area contributed by atoms with Crippen LogP contribution in [0.3, 0.4) is 0 Å². The largest absolute Gasteiger partial charge is 0.364 e. The molecule has 0 radical (unpaired) electrons. The quantitative estimate of drug-likeness (QED) is 0.693. The summed E-state index contributed by atoms with van der Waals surface area (Å²) >= 11 is 0. The number of hydrogen-bond donors (Lipinski definition) is 1. The van der Waals surface area contributed by atoms with Crippen molar-refractivity contribution in [2.45, 2.75) is 51.9 Å². The van der Waals surface area contributed by atoms with Crippen molar-refractivity contribution in [2.75, 3.05) is 0 Å². The van der Waals surface area contributed by atoms with Gasteiger partial charge in [-0.15, -0.1) is 0 Å². The minimum atomic E-state index is 1.20. The first kappa shape index (κ1) is 10.5. The lowest BCUT2D eigenvalue weighted by molar-refractivity contribution is 0.666. The van der Waals surface area contributed by atoms with Gasteiger partial charge in [-0.2, -0.15) is 0 Å². The van der Waals surface area contributed by atoms with Gasteiger partial charge in [-0.05, 0) is 36.8 Å². The predicted molar refractivity (Wildman–Crippen MR) is 66.0 cm³/mol. The SMILES string of the molecule is CCCCCCc1c[nH]c2c1C=CCC2. The Morgan fingerprint density at radius 2 is 2.20 bits per heavy atom. The summed E-state index contributed by atoms with van der Waals surface area (Å²) in [5.41, 5.74) is 4.46. The molecule has 0 saturated heterocycles. The summed E-state index contributed by atoms with van der Waals surface area (Å²) < 4.78 is 0. The van der Waals surface area contributed by atoms with E-state index in [1.165, 1.54) is 61.8 Å². The molecule has 2 rings (SSSR count). The Kier molecular flexibility index (Phi) is 3.65. The lowest BCUT2D eigenvalue weighted by Gasteiger charge is -2.06. The molecule has 82 valence electrons. The summed E-state index contributed by atoms with van der Waals surface area (Å²) in [4.78, 5) is 3.42. The Morgan fingerprint density at radius 3 is 3.07 bits per heavy atom. The van der Waals surface area contributed by atoms with Gasteiger partial charge in [0.15, 0.2) is 0 Å². The van der Waals surface area contributed by atoms with Crippen molar-refractivity contribution in [1.29, 1.82) is 0 Å². The molecule has 0 fully saturated rings. The highest BCUT2D eigenvalue weighted by atomic mass is 14.7. The zero-order chi connectivity index (χ0) is 10.5. The highest BCUT2D eigenvalue weighted by Gasteiger charge is 2.10. The molecule has 1 heterocycles. The van der Waals surface area contributed by atoms with Crippen LogP contribution in [-0.2, 0) is 12.8 Å². The molecular weight excluding hydrogens is 182 g/mol. The monoisotopic (exact) mass is 203 g/mol. The van der Waals surface area contributed by atoms with Crippen molar-refractivity contribution >= 4 is 6.08 Å². The van der Waals surface area contributed by atoms with Crippen LogP contribution in [0.25, 0.3) is 6.08 Å². The second kappa shape index (κ2) is 5.20. The standard InChI is InChI=1S/C14H21N/c1-2-3-4-5-8-12-11-15-14-10-7-6-9-13(12)14/h6,9,11,15H,2-5,7-8,10H2,1H3. The molecule has 0 saturated carbocycles. The molecule has 0 atom stereocenters. The topological polar surface area (TPSA) is 15.8 Å². The third kappa shape index (κ3) is 2.53. The Labute approximate surface area is 92.6 Å². The lowest BCUT2D eigenvalue weighted by atomic mass is 9.98. The molecular formula is C14H21N. The molecule has 1 N–H and O–H groups in total. The minimum absolute atomic E-state index is 1.20. The van der Waals surface area contributed by atoms with E-state index in [0.29, 0.717) is 0 Å². The fourth-order valence-corrected chi connectivity index (χ4v) is 2.32. The van der Waals surface area contributed by atoms with E-state index >= 15 is 0 Å². The number of aromatic nitrogens is 1. The molecule has 0 aliphatic heterocycles. The number of rotatable bonds is 5. The number of allylic oxidation sites excluding steroid dienone is 1. The van der Waals surface area contributed by atoms with Gasteiger partial charge in [-0.3, -0.25) is 0 Å². The first-order chi connectivity index (χ1) is 7.42. The number of nitrogens with one attached hydrogen (secondary N) is 1. The van der Waals surface area contributed by atoms with E-state index in [-0.39, 0.29) is 0 Å². The highest BCUT2D eigenvalue weighted by Crippen LogP contribution is 2.23. The van der Waals surface area contributed by atoms with E-state index in [1.54, 1.807) is 0 Å². The van der Waals surface area contributed by atoms with Crippen molar-refractivity contribution in [2.24, 2.45) is 0 Å². The predicted octanol–water partition coefficient (Wildman–Crippen LogP) is 4.10. The average molecular weight is 203 g/mol. The lowest BCUT2D eigenvalue weighted by Crippen LogP contribution is -1.94. The average Bonchev–Trinajstić information content (AvgIpc) is 2.68. The number of fused-ring (bicyclic) bond motifs is 1. The van der Waals surface area contributed by atoms with Crippen molar-refractivity contribution in [1.82, 2.24) is 4.98 Å². The number of unbranched alkanes of at least 4 members (excludes halogenated alkanes) is 3. The second-order valence-corrected chi connectivity index (χ2v) is 4.46. The molecule has 15 heavy (non-hydrogen) atoms. The van der Waals surface area contributed by atoms with Gasteiger partial charge in [0.2, 0.25) is 0 Å². The van der Waals surface area contributed by atoms with Gasteiger partial charge in [0, 0.05) is 11.9 Å². The summed E-state index contributed by atoms with van der Waals surface area (Å²) in [6.07, 6.45) is 15.9. The van der Waals surface area contributed by atoms with Gasteiger partial charge >= 0.3 is 0 Å². The van der Waals surface area contributed by atoms with Crippen LogP contribution in [0.1, 0.15) is 55.8 Å². The van der Waals surface area contributed by atoms with Crippen molar-refractivity contribution in [3.63, 3.8) is 0 Å². The van der Waals surface area contributed by atoms with E-state index in [1.807, 2.05) is 0 Å². The molecule has 0 unspecified atom stereocenters. The molecule has 0 amide bonds. The Hall–Kier alpha value is -0.980. The third-order valence-corrected chi connectivity index (χ3v) is 3.24. The van der Waals surface area contributed by atoms with E-state index in [0.717, 1.165) is 0 Å². The molecule has 0 aromatic carbocycles. The molecule has 1 aliphatic rings. The zero-order valence-electron chi connectivity index (χ0n) is 9.68. The Morgan fingerprint density at radius 1 is 1.27 bits per heavy atom. The maximum atomic E-state index is 3.42. The van der Waals surface area contributed by atoms with Crippen LogP contribution in [0.2, 0.25) is 0 Å². The summed E-state index contributed by atoms with van der Waals surface area (Å²) in [5, 5.41) is 0. The smallest absolute Gasteiger partial charge is 0.0226 e. The van der Waals surface area contributed by atoms with E-state index in [2.05, 4.69) is 30.3 Å². The molecule has 0 spiro atoms. The summed E-state index contributed by atoms with van der Waals surface area (Å²) in [6, 6.07) is 0. The first-order valence-corrected chi connectivity index (χ1v) is 6.27. The Bertz CT molecular complexity index is 333. The molecule has 1 aromatic heterocycles. The molecule has 0 bridgehead atoms. The van der Waals surface area contributed by atoms with Crippen molar-refractivity contribution in [3.8, 4) is 0 Å². The summed E-state index contributed by atoms with van der Waals surface area (Å²) in [6.45, 7) is 2.26. The van der Waals surface area contributed by atoms with Crippen LogP contribution in [0.15, 0.2) is 12.3 Å². The van der Waals surface area contributed by atoms with Gasteiger partial charge in [0.25, 0.3) is 0 Å². The van der Waals surface area contributed by atoms with Crippen LogP contribution in [0, 0.1) is 0 Å². The summed E-state index contributed by atoms with van der Waals surface area (Å²) in [5.74, 6) is 0. The van der Waals surface area contributed by atoms with Gasteiger partial charge in [-0.1, -0.05) is 38.3 Å². The number of aromatic amines is 1. The fraction of sp³-hybridized carbons (Fsp3) is 0.571. The molecule has 1 nitrogen and oxygen atoms in total. The first-order valence-electron chi connectivity index (χ1n) is 6.27. The zero-order valence-corrected chi connectivity index (χ0v) is 9.68. The molecule has 1 aliphatic carbocycles. The third-order valence-electron chi connectivity index (χ3n) is 3.24. The van der Waals surface area contributed by atoms with Gasteiger partial charge < -0.3 is 4.98 Å².